The van der Waals surface area contributed by atoms with Crippen molar-refractivity contribution in [3.8, 4) is 5.75 Å². The van der Waals surface area contributed by atoms with Crippen LogP contribution in [0.25, 0.3) is 6.08 Å². The summed E-state index contributed by atoms with van der Waals surface area (Å²) in [4.78, 5) is 20.9. The summed E-state index contributed by atoms with van der Waals surface area (Å²) in [7, 11) is 0. The average molecular weight is 293 g/mol. The molecule has 0 aliphatic rings. The Morgan fingerprint density at radius 3 is 2.76 bits per heavy atom. The number of carboxylic acids is 1. The Labute approximate surface area is 123 Å². The van der Waals surface area contributed by atoms with Gasteiger partial charge < -0.3 is 9.84 Å². The van der Waals surface area contributed by atoms with Crippen LogP contribution in [-0.2, 0) is 4.79 Å². The van der Waals surface area contributed by atoms with Crippen LogP contribution in [0.1, 0.15) is 38.2 Å². The lowest BCUT2D eigenvalue weighted by Crippen LogP contribution is -2.01. The van der Waals surface area contributed by atoms with Crippen LogP contribution >= 0.6 is 0 Å². The predicted molar refractivity (Wildman–Crippen MR) is 79.4 cm³/mol. The molecule has 1 rings (SSSR count). The van der Waals surface area contributed by atoms with Crippen LogP contribution in [0.2, 0.25) is 0 Å². The number of ether oxygens (including phenoxy) is 1. The second-order valence-corrected chi connectivity index (χ2v) is 4.56. The first-order valence-electron chi connectivity index (χ1n) is 6.87. The van der Waals surface area contributed by atoms with Crippen molar-refractivity contribution in [2.45, 2.75) is 32.6 Å². The summed E-state index contributed by atoms with van der Waals surface area (Å²) >= 11 is 0. The van der Waals surface area contributed by atoms with Gasteiger partial charge in [-0.3, -0.25) is 10.1 Å². The highest BCUT2D eigenvalue weighted by Crippen LogP contribution is 2.28. The van der Waals surface area contributed by atoms with Crippen LogP contribution in [0.3, 0.4) is 0 Å². The average Bonchev–Trinajstić information content (AvgIpc) is 2.44. The van der Waals surface area contributed by atoms with Crippen molar-refractivity contribution in [2.24, 2.45) is 0 Å². The number of carbonyl (C=O) groups is 1. The zero-order chi connectivity index (χ0) is 15.7. The molecular formula is C15H19NO5. The number of nitrogens with zero attached hydrogens (tertiary/aromatic N) is 1. The fourth-order valence-electron chi connectivity index (χ4n) is 1.78. The Bertz CT molecular complexity index is 525. The van der Waals surface area contributed by atoms with Crippen LogP contribution in [0.5, 0.6) is 5.75 Å². The third-order valence-corrected chi connectivity index (χ3v) is 2.85. The maximum atomic E-state index is 10.9. The number of unbranched alkanes of at least 4 members (excludes halogenated alkanes) is 3. The number of aliphatic carboxylic acids is 1. The fourth-order valence-corrected chi connectivity index (χ4v) is 1.78. The van der Waals surface area contributed by atoms with Crippen LogP contribution in [0.4, 0.5) is 5.69 Å². The van der Waals surface area contributed by atoms with Gasteiger partial charge in [-0.05, 0) is 30.2 Å². The molecule has 0 amide bonds. The summed E-state index contributed by atoms with van der Waals surface area (Å²) in [6.07, 6.45) is 6.41. The van der Waals surface area contributed by atoms with E-state index in [-0.39, 0.29) is 11.4 Å². The predicted octanol–water partition coefficient (Wildman–Crippen LogP) is 3.65. The van der Waals surface area contributed by atoms with Gasteiger partial charge in [0.05, 0.1) is 11.5 Å². The summed E-state index contributed by atoms with van der Waals surface area (Å²) in [6.45, 7) is 2.51. The van der Waals surface area contributed by atoms with Gasteiger partial charge in [-0.2, -0.15) is 0 Å². The summed E-state index contributed by atoms with van der Waals surface area (Å²) < 4.78 is 5.47. The van der Waals surface area contributed by atoms with E-state index in [0.29, 0.717) is 12.2 Å². The molecule has 0 saturated carbocycles. The molecule has 0 atom stereocenters. The minimum absolute atomic E-state index is 0.113. The number of hydrogen-bond acceptors (Lipinski definition) is 4. The standard InChI is InChI=1S/C15H19NO5/c1-2-3-4-5-10-21-14-11-12(7-9-15(17)18)6-8-13(14)16(19)20/h6-9,11H,2-5,10H2,1H3,(H,17,18). The van der Waals surface area contributed by atoms with Crippen molar-refractivity contribution < 1.29 is 19.6 Å². The molecule has 0 aromatic heterocycles. The highest BCUT2D eigenvalue weighted by Gasteiger charge is 2.15. The smallest absolute Gasteiger partial charge is 0.328 e. The number of hydrogen-bond donors (Lipinski definition) is 1. The van der Waals surface area contributed by atoms with Crippen LogP contribution in [0.15, 0.2) is 24.3 Å². The summed E-state index contributed by atoms with van der Waals surface area (Å²) in [5, 5.41) is 19.5. The summed E-state index contributed by atoms with van der Waals surface area (Å²) in [6, 6.07) is 4.29. The van der Waals surface area contributed by atoms with Gasteiger partial charge in [-0.25, -0.2) is 4.79 Å². The first-order valence-corrected chi connectivity index (χ1v) is 6.87. The number of nitro groups is 1. The number of benzene rings is 1. The Morgan fingerprint density at radius 1 is 1.38 bits per heavy atom. The highest BCUT2D eigenvalue weighted by atomic mass is 16.6. The van der Waals surface area contributed by atoms with Gasteiger partial charge in [-0.15, -0.1) is 0 Å². The van der Waals surface area contributed by atoms with E-state index in [1.165, 1.54) is 24.3 Å². The van der Waals surface area contributed by atoms with Crippen LogP contribution in [0, 0.1) is 10.1 Å². The molecule has 1 N–H and O–H groups in total. The molecule has 1 aromatic carbocycles. The van der Waals surface area contributed by atoms with Crippen molar-refractivity contribution in [1.82, 2.24) is 0 Å². The fraction of sp³-hybridized carbons (Fsp3) is 0.400. The zero-order valence-corrected chi connectivity index (χ0v) is 11.9. The molecule has 0 radical (unpaired) electrons. The van der Waals surface area contributed by atoms with Gasteiger partial charge in [0.25, 0.3) is 0 Å². The van der Waals surface area contributed by atoms with Crippen molar-refractivity contribution >= 4 is 17.7 Å². The van der Waals surface area contributed by atoms with Gasteiger partial charge in [0.15, 0.2) is 5.75 Å². The normalized spacial score (nSPS) is 10.7. The van der Waals surface area contributed by atoms with E-state index in [9.17, 15) is 14.9 Å². The molecular weight excluding hydrogens is 274 g/mol. The first-order chi connectivity index (χ1) is 10.0. The van der Waals surface area contributed by atoms with Gasteiger partial charge in [0.1, 0.15) is 0 Å². The molecule has 6 nitrogen and oxygen atoms in total. The largest absolute Gasteiger partial charge is 0.487 e. The van der Waals surface area contributed by atoms with E-state index in [0.717, 1.165) is 31.8 Å². The Hall–Kier alpha value is -2.37. The number of carboxylic acid groups (broad SMARTS) is 1. The minimum atomic E-state index is -1.07. The molecule has 0 heterocycles. The molecule has 114 valence electrons. The topological polar surface area (TPSA) is 89.7 Å². The monoisotopic (exact) mass is 293 g/mol. The maximum Gasteiger partial charge on any atom is 0.328 e. The third kappa shape index (κ3) is 6.07. The first kappa shape index (κ1) is 16.7. The molecule has 1 aromatic rings. The van der Waals surface area contributed by atoms with Crippen molar-refractivity contribution in [2.75, 3.05) is 6.61 Å². The van der Waals surface area contributed by atoms with Gasteiger partial charge >= 0.3 is 11.7 Å². The third-order valence-electron chi connectivity index (χ3n) is 2.85. The van der Waals surface area contributed by atoms with Crippen molar-refractivity contribution in [3.05, 3.63) is 40.0 Å². The molecule has 0 unspecified atom stereocenters. The molecule has 0 fully saturated rings. The van der Waals surface area contributed by atoms with Crippen LogP contribution < -0.4 is 4.74 Å². The highest BCUT2D eigenvalue weighted by molar-refractivity contribution is 5.85. The molecule has 0 aliphatic carbocycles. The summed E-state index contributed by atoms with van der Waals surface area (Å²) in [5.41, 5.74) is 0.435. The molecule has 0 aliphatic heterocycles. The van der Waals surface area contributed by atoms with E-state index in [1.807, 2.05) is 0 Å². The van der Waals surface area contributed by atoms with E-state index in [1.54, 1.807) is 0 Å². The van der Waals surface area contributed by atoms with Gasteiger partial charge in [0.2, 0.25) is 0 Å². The minimum Gasteiger partial charge on any atom is -0.487 e. The molecule has 6 heteroatoms. The molecule has 21 heavy (non-hydrogen) atoms. The van der Waals surface area contributed by atoms with Crippen molar-refractivity contribution in [3.63, 3.8) is 0 Å². The van der Waals surface area contributed by atoms with E-state index < -0.39 is 10.9 Å². The molecule has 0 spiro atoms. The maximum absolute atomic E-state index is 10.9. The quantitative estimate of drug-likeness (QED) is 0.325. The lowest BCUT2D eigenvalue weighted by atomic mass is 10.1. The van der Waals surface area contributed by atoms with Gasteiger partial charge in [-0.1, -0.05) is 26.2 Å². The molecule has 0 saturated heterocycles. The number of rotatable bonds is 9. The summed E-state index contributed by atoms with van der Waals surface area (Å²) in [5.74, 6) is -0.903. The Morgan fingerprint density at radius 2 is 2.14 bits per heavy atom. The Balaban J connectivity index is 2.78. The van der Waals surface area contributed by atoms with E-state index >= 15 is 0 Å². The zero-order valence-electron chi connectivity index (χ0n) is 11.9. The van der Waals surface area contributed by atoms with Crippen molar-refractivity contribution in [1.29, 1.82) is 0 Å². The SMILES string of the molecule is CCCCCCOc1cc(C=CC(=O)O)ccc1[N+](=O)[O-]. The lowest BCUT2D eigenvalue weighted by Gasteiger charge is -2.07. The van der Waals surface area contributed by atoms with Gasteiger partial charge in [0, 0.05) is 12.1 Å². The Kier molecular flexibility index (Phi) is 6.94. The molecule has 0 bridgehead atoms. The number of nitro benzene ring substituents is 1. The van der Waals surface area contributed by atoms with E-state index in [4.69, 9.17) is 9.84 Å². The lowest BCUT2D eigenvalue weighted by molar-refractivity contribution is -0.385. The van der Waals surface area contributed by atoms with Crippen LogP contribution in [-0.4, -0.2) is 22.6 Å². The second kappa shape index (κ2) is 8.73. The second-order valence-electron chi connectivity index (χ2n) is 4.56. The van der Waals surface area contributed by atoms with E-state index in [2.05, 4.69) is 6.92 Å².